The molecule has 0 unspecified atom stereocenters. The molecule has 0 saturated carbocycles. The molecule has 0 aliphatic rings. The van der Waals surface area contributed by atoms with Crippen LogP contribution in [0.1, 0.15) is 18.1 Å². The highest BCUT2D eigenvalue weighted by atomic mass is 32.2. The summed E-state index contributed by atoms with van der Waals surface area (Å²) in [5.74, 6) is 0.994. The van der Waals surface area contributed by atoms with Crippen LogP contribution in [-0.4, -0.2) is 34.9 Å². The zero-order chi connectivity index (χ0) is 18.9. The minimum Gasteiger partial charge on any atom is -0.497 e. The minimum absolute atomic E-state index is 0.179. The first-order valence-corrected chi connectivity index (χ1v) is 9.81. The van der Waals surface area contributed by atoms with Gasteiger partial charge in [-0.2, -0.15) is 0 Å². The molecule has 140 valence electrons. The zero-order valence-corrected chi connectivity index (χ0v) is 16.3. The zero-order valence-electron chi connectivity index (χ0n) is 15.5. The quantitative estimate of drug-likeness (QED) is 0.681. The Bertz CT molecular complexity index is 736. The Labute approximate surface area is 157 Å². The van der Waals surface area contributed by atoms with Crippen LogP contribution in [0.2, 0.25) is 0 Å². The second-order valence-corrected chi connectivity index (χ2v) is 7.74. The number of ether oxygens (including phenoxy) is 2. The lowest BCUT2D eigenvalue weighted by atomic mass is 10.2. The number of hydrogen-bond acceptors (Lipinski definition) is 4. The van der Waals surface area contributed by atoms with Gasteiger partial charge in [-0.3, -0.25) is 4.21 Å². The van der Waals surface area contributed by atoms with Gasteiger partial charge in [0.1, 0.15) is 5.75 Å². The average Bonchev–Trinajstić information content (AvgIpc) is 2.62. The predicted molar refractivity (Wildman–Crippen MR) is 105 cm³/mol. The summed E-state index contributed by atoms with van der Waals surface area (Å²) in [7, 11) is 0.412. The molecule has 0 saturated heterocycles. The van der Waals surface area contributed by atoms with Gasteiger partial charge >= 0.3 is 0 Å². The van der Waals surface area contributed by atoms with Crippen molar-refractivity contribution in [2.45, 2.75) is 31.5 Å². The van der Waals surface area contributed by atoms with Gasteiger partial charge in [-0.05, 0) is 49.2 Å². The summed E-state index contributed by atoms with van der Waals surface area (Å²) in [6.45, 7) is 4.78. The highest BCUT2D eigenvalue weighted by molar-refractivity contribution is 7.85. The van der Waals surface area contributed by atoms with Crippen LogP contribution in [-0.2, 0) is 22.1 Å². The average molecular weight is 375 g/mol. The van der Waals surface area contributed by atoms with Crippen molar-refractivity contribution in [2.24, 2.45) is 0 Å². The first-order chi connectivity index (χ1) is 12.5. The lowest BCUT2D eigenvalue weighted by Gasteiger charge is -2.10. The third-order valence-corrected chi connectivity index (χ3v) is 5.28. The van der Waals surface area contributed by atoms with E-state index in [1.165, 1.54) is 0 Å². The van der Waals surface area contributed by atoms with Gasteiger partial charge in [-0.25, -0.2) is 0 Å². The first kappa shape index (κ1) is 20.4. The number of methoxy groups -OCH3 is 1. The highest BCUT2D eigenvalue weighted by Crippen LogP contribution is 2.13. The molecule has 0 spiro atoms. The Morgan fingerprint density at radius 2 is 1.81 bits per heavy atom. The van der Waals surface area contributed by atoms with Crippen molar-refractivity contribution >= 4 is 10.8 Å². The summed E-state index contributed by atoms with van der Waals surface area (Å²) in [6.07, 6.45) is 0.946. The van der Waals surface area contributed by atoms with E-state index in [4.69, 9.17) is 9.47 Å². The maximum absolute atomic E-state index is 12.3. The smallest absolute Gasteiger partial charge is 0.118 e. The summed E-state index contributed by atoms with van der Waals surface area (Å²) in [6, 6.07) is 15.2. The monoisotopic (exact) mass is 374 g/mol. The van der Waals surface area contributed by atoms with Crippen LogP contribution >= 0.6 is 0 Å². The molecule has 0 aliphatic carbocycles. The lowest BCUT2D eigenvalue weighted by Crippen LogP contribution is -2.15. The molecular formula is C21H26O4S. The maximum Gasteiger partial charge on any atom is 0.118 e. The summed E-state index contributed by atoms with van der Waals surface area (Å²) in [5.41, 5.74) is 3.09. The van der Waals surface area contributed by atoms with E-state index < -0.39 is 16.9 Å². The molecule has 26 heavy (non-hydrogen) atoms. The van der Waals surface area contributed by atoms with E-state index in [-0.39, 0.29) is 5.75 Å². The molecule has 0 amide bonds. The van der Waals surface area contributed by atoms with Crippen LogP contribution in [0.3, 0.4) is 0 Å². The molecule has 2 atom stereocenters. The molecule has 0 aliphatic heterocycles. The van der Waals surface area contributed by atoms with E-state index >= 15 is 0 Å². The second-order valence-electron chi connectivity index (χ2n) is 6.25. The van der Waals surface area contributed by atoms with Gasteiger partial charge in [-0.1, -0.05) is 35.9 Å². The number of rotatable bonds is 9. The van der Waals surface area contributed by atoms with Crippen molar-refractivity contribution in [3.63, 3.8) is 0 Å². The van der Waals surface area contributed by atoms with Crippen molar-refractivity contribution in [3.8, 4) is 5.75 Å². The summed E-state index contributed by atoms with van der Waals surface area (Å²) < 4.78 is 23.1. The third-order valence-electron chi connectivity index (χ3n) is 3.84. The Morgan fingerprint density at radius 3 is 2.42 bits per heavy atom. The van der Waals surface area contributed by atoms with E-state index in [1.807, 2.05) is 62.4 Å². The Kier molecular flexibility index (Phi) is 8.04. The fourth-order valence-corrected chi connectivity index (χ4v) is 3.46. The topological polar surface area (TPSA) is 55.8 Å². The molecule has 0 fully saturated rings. The molecule has 1 N–H and O–H groups in total. The van der Waals surface area contributed by atoms with Crippen LogP contribution in [0.15, 0.2) is 65.1 Å². The van der Waals surface area contributed by atoms with Gasteiger partial charge in [0.25, 0.3) is 0 Å². The summed E-state index contributed by atoms with van der Waals surface area (Å²) >= 11 is 0. The minimum atomic E-state index is -1.22. The molecular weight excluding hydrogens is 348 g/mol. The maximum atomic E-state index is 12.3. The Balaban J connectivity index is 1.78. The fraction of sp³-hybridized carbons (Fsp3) is 0.333. The van der Waals surface area contributed by atoms with Crippen LogP contribution in [0.25, 0.3) is 0 Å². The van der Waals surface area contributed by atoms with Gasteiger partial charge in [0.2, 0.25) is 0 Å². The molecule has 2 rings (SSSR count). The van der Waals surface area contributed by atoms with E-state index in [2.05, 4.69) is 0 Å². The van der Waals surface area contributed by atoms with Gasteiger partial charge in [0.15, 0.2) is 0 Å². The number of benzene rings is 2. The van der Waals surface area contributed by atoms with Gasteiger partial charge in [-0.15, -0.1) is 0 Å². The Morgan fingerprint density at radius 1 is 1.15 bits per heavy atom. The van der Waals surface area contributed by atoms with Crippen molar-refractivity contribution in [3.05, 3.63) is 71.3 Å². The number of aliphatic hydroxyl groups excluding tert-OH is 1. The van der Waals surface area contributed by atoms with Gasteiger partial charge in [0, 0.05) is 4.90 Å². The van der Waals surface area contributed by atoms with Crippen LogP contribution in [0.4, 0.5) is 0 Å². The molecule has 2 aromatic rings. The molecule has 2 aromatic carbocycles. The standard InChI is InChI=1S/C21H26O4S/c1-16-4-10-21(11-5-16)26(23)15-19(22)12-17(2)13-25-14-18-6-8-20(24-3)9-7-18/h4-12,19,22H,13-15H2,1-3H3/b17-12-/t19-,26-/m1/s1. The molecule has 0 radical (unpaired) electrons. The molecule has 0 heterocycles. The van der Waals surface area contributed by atoms with Crippen LogP contribution in [0.5, 0.6) is 5.75 Å². The SMILES string of the molecule is COc1ccc(COC/C(C)=C\[C@@H](O)C[S@@](=O)c2ccc(C)cc2)cc1. The van der Waals surface area contributed by atoms with Crippen molar-refractivity contribution in [1.29, 1.82) is 0 Å². The summed E-state index contributed by atoms with van der Waals surface area (Å²) in [4.78, 5) is 0.733. The Hall–Kier alpha value is -1.95. The predicted octanol–water partition coefficient (Wildman–Crippen LogP) is 3.64. The normalized spacial score (nSPS) is 14.1. The number of hydrogen-bond donors (Lipinski definition) is 1. The van der Waals surface area contributed by atoms with E-state index in [1.54, 1.807) is 13.2 Å². The van der Waals surface area contributed by atoms with Crippen molar-refractivity contribution < 1.29 is 18.8 Å². The second kappa shape index (κ2) is 10.3. The van der Waals surface area contributed by atoms with Crippen molar-refractivity contribution in [2.75, 3.05) is 19.5 Å². The molecule has 5 heteroatoms. The van der Waals surface area contributed by atoms with E-state index in [0.717, 1.165) is 27.3 Å². The van der Waals surface area contributed by atoms with Crippen LogP contribution < -0.4 is 4.74 Å². The third kappa shape index (κ3) is 6.75. The summed E-state index contributed by atoms with van der Waals surface area (Å²) in [5, 5.41) is 10.1. The van der Waals surface area contributed by atoms with Gasteiger partial charge in [0.05, 0.1) is 43.0 Å². The van der Waals surface area contributed by atoms with E-state index in [9.17, 15) is 9.32 Å². The number of aliphatic hydroxyl groups is 1. The molecule has 4 nitrogen and oxygen atoms in total. The molecule has 0 bridgehead atoms. The lowest BCUT2D eigenvalue weighted by molar-refractivity contribution is 0.141. The number of aryl methyl sites for hydroxylation is 1. The van der Waals surface area contributed by atoms with Gasteiger partial charge < -0.3 is 14.6 Å². The van der Waals surface area contributed by atoms with E-state index in [0.29, 0.717) is 13.2 Å². The fourth-order valence-electron chi connectivity index (χ4n) is 2.42. The van der Waals surface area contributed by atoms with Crippen molar-refractivity contribution in [1.82, 2.24) is 0 Å². The highest BCUT2D eigenvalue weighted by Gasteiger charge is 2.10. The largest absolute Gasteiger partial charge is 0.497 e. The van der Waals surface area contributed by atoms with Crippen LogP contribution in [0, 0.1) is 6.92 Å². The first-order valence-electron chi connectivity index (χ1n) is 8.49. The molecule has 0 aromatic heterocycles.